The maximum atomic E-state index is 5.46. The van der Waals surface area contributed by atoms with E-state index >= 15 is 0 Å². The van der Waals surface area contributed by atoms with Crippen LogP contribution in [0.15, 0.2) is 29.0 Å². The number of hydrogen-bond donors (Lipinski definition) is 1. The van der Waals surface area contributed by atoms with E-state index in [0.717, 1.165) is 10.5 Å². The summed E-state index contributed by atoms with van der Waals surface area (Å²) in [6, 6.07) is 3.99. The van der Waals surface area contributed by atoms with Crippen molar-refractivity contribution in [1.29, 1.82) is 0 Å². The molecule has 2 aromatic rings. The van der Waals surface area contributed by atoms with Gasteiger partial charge in [0.25, 0.3) is 0 Å². The van der Waals surface area contributed by atoms with Crippen molar-refractivity contribution in [1.82, 2.24) is 9.55 Å². The molecule has 0 spiro atoms. The van der Waals surface area contributed by atoms with E-state index in [1.807, 2.05) is 18.3 Å². The topological polar surface area (TPSA) is 33.9 Å². The molecule has 0 aliphatic heterocycles. The Morgan fingerprint density at radius 2 is 2.12 bits per heavy atom. The molecule has 92 valence electrons. The second-order valence-electron chi connectivity index (χ2n) is 5.29. The van der Waals surface area contributed by atoms with Crippen molar-refractivity contribution in [3.63, 3.8) is 0 Å². The minimum absolute atomic E-state index is 0.0500. The molecule has 0 radical (unpaired) electrons. The fourth-order valence-corrected chi connectivity index (χ4v) is 2.31. The van der Waals surface area contributed by atoms with Crippen LogP contribution in [0.4, 0.5) is 0 Å². The number of furan rings is 1. The van der Waals surface area contributed by atoms with Crippen LogP contribution in [-0.4, -0.2) is 9.55 Å². The van der Waals surface area contributed by atoms with Crippen LogP contribution >= 0.6 is 12.2 Å². The second-order valence-corrected chi connectivity index (χ2v) is 5.68. The number of aromatic amines is 1. The Morgan fingerprint density at radius 1 is 1.41 bits per heavy atom. The highest BCUT2D eigenvalue weighted by Crippen LogP contribution is 2.28. The summed E-state index contributed by atoms with van der Waals surface area (Å²) < 4.78 is 8.31. The van der Waals surface area contributed by atoms with Crippen molar-refractivity contribution in [2.75, 3.05) is 0 Å². The molecule has 0 aliphatic rings. The van der Waals surface area contributed by atoms with Gasteiger partial charge in [0.1, 0.15) is 5.76 Å². The maximum absolute atomic E-state index is 5.46. The number of rotatable bonds is 2. The van der Waals surface area contributed by atoms with Gasteiger partial charge in [-0.15, -0.1) is 0 Å². The standard InChI is InChI=1S/C13H18N2OS/c1-9(10-6-5-7-16-10)15-11(13(2,3)4)8-14-12(15)17/h5-9H,1-4H3,(H,14,17). The predicted molar refractivity (Wildman–Crippen MR) is 70.8 cm³/mol. The zero-order valence-corrected chi connectivity index (χ0v) is 11.5. The molecule has 2 heterocycles. The first-order valence-electron chi connectivity index (χ1n) is 5.75. The lowest BCUT2D eigenvalue weighted by atomic mass is 9.92. The quantitative estimate of drug-likeness (QED) is 0.816. The third kappa shape index (κ3) is 2.22. The van der Waals surface area contributed by atoms with Crippen LogP contribution in [-0.2, 0) is 5.41 Å². The predicted octanol–water partition coefficient (Wildman–Crippen LogP) is 4.05. The summed E-state index contributed by atoms with van der Waals surface area (Å²) in [6.07, 6.45) is 3.68. The molecule has 0 fully saturated rings. The molecule has 0 bridgehead atoms. The molecule has 1 N–H and O–H groups in total. The van der Waals surface area contributed by atoms with Gasteiger partial charge >= 0.3 is 0 Å². The summed E-state index contributed by atoms with van der Waals surface area (Å²) in [5, 5.41) is 0. The normalized spacial score (nSPS) is 13.9. The molecule has 1 atom stereocenters. The van der Waals surface area contributed by atoms with E-state index in [9.17, 15) is 0 Å². The number of nitrogens with one attached hydrogen (secondary N) is 1. The highest BCUT2D eigenvalue weighted by Gasteiger charge is 2.23. The van der Waals surface area contributed by atoms with Gasteiger partial charge in [-0.1, -0.05) is 20.8 Å². The molecule has 0 aromatic carbocycles. The Balaban J connectivity index is 2.52. The van der Waals surface area contributed by atoms with Crippen LogP contribution in [0, 0.1) is 4.77 Å². The fourth-order valence-electron chi connectivity index (χ4n) is 2.00. The Kier molecular flexibility index (Phi) is 3.00. The Morgan fingerprint density at radius 3 is 2.65 bits per heavy atom. The van der Waals surface area contributed by atoms with E-state index in [-0.39, 0.29) is 11.5 Å². The largest absolute Gasteiger partial charge is 0.467 e. The number of nitrogens with zero attached hydrogens (tertiary/aromatic N) is 1. The van der Waals surface area contributed by atoms with Gasteiger partial charge in [0.05, 0.1) is 12.3 Å². The van der Waals surface area contributed by atoms with E-state index in [2.05, 4.69) is 37.2 Å². The highest BCUT2D eigenvalue weighted by atomic mass is 32.1. The summed E-state index contributed by atoms with van der Waals surface area (Å²) in [5.74, 6) is 0.922. The van der Waals surface area contributed by atoms with Crippen LogP contribution < -0.4 is 0 Å². The van der Waals surface area contributed by atoms with Crippen molar-refractivity contribution < 1.29 is 4.42 Å². The van der Waals surface area contributed by atoms with Gasteiger partial charge in [0.15, 0.2) is 4.77 Å². The van der Waals surface area contributed by atoms with E-state index in [1.165, 1.54) is 5.69 Å². The van der Waals surface area contributed by atoms with E-state index in [4.69, 9.17) is 16.6 Å². The maximum Gasteiger partial charge on any atom is 0.178 e. The van der Waals surface area contributed by atoms with Gasteiger partial charge in [-0.2, -0.15) is 0 Å². The monoisotopic (exact) mass is 250 g/mol. The molecule has 1 unspecified atom stereocenters. The van der Waals surface area contributed by atoms with Crippen LogP contribution in [0.5, 0.6) is 0 Å². The van der Waals surface area contributed by atoms with Crippen molar-refractivity contribution in [2.45, 2.75) is 39.2 Å². The molecule has 2 aromatic heterocycles. The molecular formula is C13H18N2OS. The zero-order chi connectivity index (χ0) is 12.6. The smallest absolute Gasteiger partial charge is 0.178 e. The second kappa shape index (κ2) is 4.18. The van der Waals surface area contributed by atoms with E-state index in [0.29, 0.717) is 0 Å². The zero-order valence-electron chi connectivity index (χ0n) is 10.7. The van der Waals surface area contributed by atoms with Gasteiger partial charge in [-0.05, 0) is 31.3 Å². The van der Waals surface area contributed by atoms with Crippen molar-refractivity contribution in [2.24, 2.45) is 0 Å². The molecule has 0 aliphatic carbocycles. The van der Waals surface area contributed by atoms with Crippen LogP contribution in [0.3, 0.4) is 0 Å². The molecule has 4 heteroatoms. The van der Waals surface area contributed by atoms with Gasteiger partial charge in [0, 0.05) is 17.3 Å². The summed E-state index contributed by atoms with van der Waals surface area (Å²) in [7, 11) is 0. The fraction of sp³-hybridized carbons (Fsp3) is 0.462. The number of aromatic nitrogens is 2. The highest BCUT2D eigenvalue weighted by molar-refractivity contribution is 7.71. The average molecular weight is 250 g/mol. The van der Waals surface area contributed by atoms with Gasteiger partial charge in [-0.3, -0.25) is 0 Å². The molecular weight excluding hydrogens is 232 g/mol. The lowest BCUT2D eigenvalue weighted by Gasteiger charge is -2.23. The van der Waals surface area contributed by atoms with Gasteiger partial charge < -0.3 is 14.0 Å². The lowest BCUT2D eigenvalue weighted by molar-refractivity contribution is 0.418. The molecule has 3 nitrogen and oxygen atoms in total. The van der Waals surface area contributed by atoms with E-state index in [1.54, 1.807) is 6.26 Å². The summed E-state index contributed by atoms with van der Waals surface area (Å²) in [4.78, 5) is 3.12. The Labute approximate surface area is 106 Å². The summed E-state index contributed by atoms with van der Waals surface area (Å²) in [5.41, 5.74) is 1.24. The third-order valence-electron chi connectivity index (χ3n) is 2.92. The van der Waals surface area contributed by atoms with Gasteiger partial charge in [0.2, 0.25) is 0 Å². The number of imidazole rings is 1. The summed E-state index contributed by atoms with van der Waals surface area (Å²) >= 11 is 5.36. The van der Waals surface area contributed by atoms with Crippen LogP contribution in [0.2, 0.25) is 0 Å². The first-order chi connectivity index (χ1) is 7.91. The Bertz CT molecular complexity index is 543. The first kappa shape index (κ1) is 12.2. The molecule has 0 saturated heterocycles. The van der Waals surface area contributed by atoms with Crippen molar-refractivity contribution in [3.8, 4) is 0 Å². The average Bonchev–Trinajstić information content (AvgIpc) is 2.83. The van der Waals surface area contributed by atoms with Gasteiger partial charge in [-0.25, -0.2) is 0 Å². The summed E-state index contributed by atoms with van der Waals surface area (Å²) in [6.45, 7) is 8.63. The molecule has 0 amide bonds. The molecule has 0 saturated carbocycles. The molecule has 17 heavy (non-hydrogen) atoms. The number of H-pyrrole nitrogens is 1. The van der Waals surface area contributed by atoms with Crippen molar-refractivity contribution in [3.05, 3.63) is 40.8 Å². The SMILES string of the molecule is CC(c1ccco1)n1c(C(C)(C)C)c[nH]c1=S. The Hall–Kier alpha value is -1.29. The van der Waals surface area contributed by atoms with E-state index < -0.39 is 0 Å². The minimum atomic E-state index is 0.0500. The van der Waals surface area contributed by atoms with Crippen molar-refractivity contribution >= 4 is 12.2 Å². The first-order valence-corrected chi connectivity index (χ1v) is 6.16. The van der Waals surface area contributed by atoms with Crippen LogP contribution in [0.25, 0.3) is 0 Å². The minimum Gasteiger partial charge on any atom is -0.467 e. The molecule has 2 rings (SSSR count). The lowest BCUT2D eigenvalue weighted by Crippen LogP contribution is -2.20. The third-order valence-corrected chi connectivity index (χ3v) is 3.24. The van der Waals surface area contributed by atoms with Crippen LogP contribution in [0.1, 0.15) is 45.2 Å². The number of hydrogen-bond acceptors (Lipinski definition) is 2.